The van der Waals surface area contributed by atoms with Gasteiger partial charge in [0.1, 0.15) is 5.75 Å². The van der Waals surface area contributed by atoms with E-state index in [0.29, 0.717) is 13.2 Å². The molecular formula is C24H24ClN3O7S2. The van der Waals surface area contributed by atoms with Crippen LogP contribution in [0.3, 0.4) is 0 Å². The molecule has 0 aromatic heterocycles. The average Bonchev–Trinajstić information content (AvgIpc) is 2.90. The highest BCUT2D eigenvalue weighted by Crippen LogP contribution is 2.31. The Labute approximate surface area is 220 Å². The lowest BCUT2D eigenvalue weighted by Gasteiger charge is -2.26. The lowest BCUT2D eigenvalue weighted by Crippen LogP contribution is -2.40. The SMILES string of the molecule is COc1ccc(S(=O)(=O)N2CCOCC2)cc1NC(=O)c1cc(NS(=O)(=O)c2ccccc2)ccc1Cl. The van der Waals surface area contributed by atoms with Crippen LogP contribution in [0.4, 0.5) is 11.4 Å². The number of anilines is 2. The molecule has 0 bridgehead atoms. The van der Waals surface area contributed by atoms with Gasteiger partial charge in [-0.2, -0.15) is 4.31 Å². The summed E-state index contributed by atoms with van der Waals surface area (Å²) < 4.78 is 65.8. The van der Waals surface area contributed by atoms with Crippen LogP contribution in [0.25, 0.3) is 0 Å². The van der Waals surface area contributed by atoms with Crippen LogP contribution in [0.15, 0.2) is 76.5 Å². The summed E-state index contributed by atoms with van der Waals surface area (Å²) in [4.78, 5) is 13.2. The lowest BCUT2D eigenvalue weighted by atomic mass is 10.2. The zero-order valence-electron chi connectivity index (χ0n) is 19.7. The van der Waals surface area contributed by atoms with E-state index in [-0.39, 0.29) is 50.6 Å². The van der Waals surface area contributed by atoms with Crippen molar-refractivity contribution >= 4 is 48.9 Å². The van der Waals surface area contributed by atoms with Crippen molar-refractivity contribution in [1.82, 2.24) is 4.31 Å². The summed E-state index contributed by atoms with van der Waals surface area (Å²) in [6.07, 6.45) is 0. The number of nitrogens with one attached hydrogen (secondary N) is 2. The van der Waals surface area contributed by atoms with Crippen LogP contribution in [0.2, 0.25) is 5.02 Å². The quantitative estimate of drug-likeness (QED) is 0.428. The summed E-state index contributed by atoms with van der Waals surface area (Å²) in [5.74, 6) is -0.462. The Morgan fingerprint density at radius 3 is 2.32 bits per heavy atom. The van der Waals surface area contributed by atoms with Crippen molar-refractivity contribution in [2.75, 3.05) is 43.5 Å². The fraction of sp³-hybridized carbons (Fsp3) is 0.208. The second kappa shape index (κ2) is 11.1. The first-order chi connectivity index (χ1) is 17.6. The standard InChI is InChI=1S/C24H24ClN3O7S2/c1-34-23-10-8-19(37(32,33)28-11-13-35-14-12-28)16-22(23)26-24(29)20-15-17(7-9-21(20)25)27-36(30,31)18-5-3-2-4-6-18/h2-10,15-16,27H,11-14H2,1H3,(H,26,29). The van der Waals surface area contributed by atoms with Crippen LogP contribution in [0.5, 0.6) is 5.75 Å². The van der Waals surface area contributed by atoms with Crippen molar-refractivity contribution in [3.8, 4) is 5.75 Å². The predicted molar refractivity (Wildman–Crippen MR) is 139 cm³/mol. The van der Waals surface area contributed by atoms with E-state index in [0.717, 1.165) is 0 Å². The Morgan fingerprint density at radius 1 is 0.946 bits per heavy atom. The topological polar surface area (TPSA) is 131 Å². The summed E-state index contributed by atoms with van der Waals surface area (Å²) in [5.41, 5.74) is 0.195. The minimum atomic E-state index is -3.90. The summed E-state index contributed by atoms with van der Waals surface area (Å²) >= 11 is 6.24. The van der Waals surface area contributed by atoms with Crippen molar-refractivity contribution in [2.45, 2.75) is 9.79 Å². The van der Waals surface area contributed by atoms with Gasteiger partial charge in [0.05, 0.1) is 46.4 Å². The van der Waals surface area contributed by atoms with Crippen molar-refractivity contribution in [3.63, 3.8) is 0 Å². The number of hydrogen-bond donors (Lipinski definition) is 2. The van der Waals surface area contributed by atoms with E-state index in [9.17, 15) is 21.6 Å². The molecule has 0 aliphatic carbocycles. The highest BCUT2D eigenvalue weighted by molar-refractivity contribution is 7.92. The molecule has 1 fully saturated rings. The molecule has 3 aromatic carbocycles. The van der Waals surface area contributed by atoms with Gasteiger partial charge < -0.3 is 14.8 Å². The minimum Gasteiger partial charge on any atom is -0.495 e. The van der Waals surface area contributed by atoms with Gasteiger partial charge in [0, 0.05) is 18.8 Å². The Hall–Kier alpha value is -3.16. The van der Waals surface area contributed by atoms with Gasteiger partial charge in [0.2, 0.25) is 10.0 Å². The fourth-order valence-corrected chi connectivity index (χ4v) is 6.36. The predicted octanol–water partition coefficient (Wildman–Crippen LogP) is 3.42. The van der Waals surface area contributed by atoms with Crippen LogP contribution in [-0.4, -0.2) is 60.5 Å². The van der Waals surface area contributed by atoms with Gasteiger partial charge in [-0.25, -0.2) is 16.8 Å². The maximum absolute atomic E-state index is 13.1. The first-order valence-corrected chi connectivity index (χ1v) is 14.4. The zero-order chi connectivity index (χ0) is 26.6. The van der Waals surface area contributed by atoms with Gasteiger partial charge in [0.15, 0.2) is 0 Å². The third-order valence-electron chi connectivity index (χ3n) is 5.54. The molecular weight excluding hydrogens is 542 g/mol. The third-order valence-corrected chi connectivity index (χ3v) is 9.17. The Balaban J connectivity index is 1.60. The number of benzene rings is 3. The van der Waals surface area contributed by atoms with Crippen LogP contribution in [0.1, 0.15) is 10.4 Å². The number of carbonyl (C=O) groups excluding carboxylic acids is 1. The number of amides is 1. The number of carbonyl (C=O) groups is 1. The van der Waals surface area contributed by atoms with E-state index in [1.165, 1.54) is 59.9 Å². The molecule has 1 saturated heterocycles. The second-order valence-electron chi connectivity index (χ2n) is 7.95. The number of halogens is 1. The normalized spacial score (nSPS) is 14.6. The maximum atomic E-state index is 13.1. The highest BCUT2D eigenvalue weighted by Gasteiger charge is 2.27. The fourth-order valence-electron chi connectivity index (χ4n) is 3.65. The molecule has 0 unspecified atom stereocenters. The average molecular weight is 566 g/mol. The van der Waals surface area contributed by atoms with E-state index in [2.05, 4.69) is 10.0 Å². The largest absolute Gasteiger partial charge is 0.495 e. The molecule has 196 valence electrons. The molecule has 4 rings (SSSR count). The molecule has 1 aliphatic rings. The van der Waals surface area contributed by atoms with E-state index in [1.54, 1.807) is 18.2 Å². The second-order valence-corrected chi connectivity index (χ2v) is 12.0. The number of ether oxygens (including phenoxy) is 2. The van der Waals surface area contributed by atoms with Crippen LogP contribution in [-0.2, 0) is 24.8 Å². The number of methoxy groups -OCH3 is 1. The number of hydrogen-bond acceptors (Lipinski definition) is 7. The van der Waals surface area contributed by atoms with Crippen molar-refractivity contribution in [1.29, 1.82) is 0 Å². The first-order valence-electron chi connectivity index (χ1n) is 11.1. The molecule has 0 radical (unpaired) electrons. The van der Waals surface area contributed by atoms with Gasteiger partial charge in [-0.05, 0) is 48.5 Å². The van der Waals surface area contributed by atoms with Gasteiger partial charge in [-0.15, -0.1) is 0 Å². The number of rotatable bonds is 8. The maximum Gasteiger partial charge on any atom is 0.261 e. The number of sulfonamides is 2. The van der Waals surface area contributed by atoms with Crippen LogP contribution >= 0.6 is 11.6 Å². The molecule has 10 nitrogen and oxygen atoms in total. The molecule has 37 heavy (non-hydrogen) atoms. The molecule has 13 heteroatoms. The molecule has 1 aliphatic heterocycles. The monoisotopic (exact) mass is 565 g/mol. The Morgan fingerprint density at radius 2 is 1.65 bits per heavy atom. The Kier molecular flexibility index (Phi) is 8.05. The van der Waals surface area contributed by atoms with E-state index < -0.39 is 26.0 Å². The minimum absolute atomic E-state index is 0.0269. The van der Waals surface area contributed by atoms with Gasteiger partial charge in [0.25, 0.3) is 15.9 Å². The summed E-state index contributed by atoms with van der Waals surface area (Å²) in [7, 11) is -6.34. The molecule has 0 spiro atoms. The molecule has 0 atom stereocenters. The summed E-state index contributed by atoms with van der Waals surface area (Å²) in [6.45, 7) is 1.03. The number of morpholine rings is 1. The molecule has 3 aromatic rings. The number of nitrogens with zero attached hydrogens (tertiary/aromatic N) is 1. The molecule has 1 amide bonds. The smallest absolute Gasteiger partial charge is 0.261 e. The van der Waals surface area contributed by atoms with Crippen LogP contribution in [0, 0.1) is 0 Å². The molecule has 2 N–H and O–H groups in total. The van der Waals surface area contributed by atoms with Crippen molar-refractivity contribution in [3.05, 3.63) is 77.3 Å². The van der Waals surface area contributed by atoms with Crippen molar-refractivity contribution in [2.24, 2.45) is 0 Å². The lowest BCUT2D eigenvalue weighted by molar-refractivity contribution is 0.0730. The van der Waals surface area contributed by atoms with Gasteiger partial charge in [-0.1, -0.05) is 29.8 Å². The van der Waals surface area contributed by atoms with Crippen molar-refractivity contribution < 1.29 is 31.1 Å². The zero-order valence-corrected chi connectivity index (χ0v) is 22.1. The molecule has 0 saturated carbocycles. The third kappa shape index (κ3) is 6.05. The Bertz CT molecular complexity index is 1510. The van der Waals surface area contributed by atoms with E-state index in [1.807, 2.05) is 0 Å². The summed E-state index contributed by atoms with van der Waals surface area (Å²) in [6, 6.07) is 16.0. The van der Waals surface area contributed by atoms with Gasteiger partial charge in [-0.3, -0.25) is 9.52 Å². The van der Waals surface area contributed by atoms with Crippen LogP contribution < -0.4 is 14.8 Å². The highest BCUT2D eigenvalue weighted by atomic mass is 35.5. The molecule has 1 heterocycles. The van der Waals surface area contributed by atoms with E-state index in [4.69, 9.17) is 21.1 Å². The first kappa shape index (κ1) is 26.9. The van der Waals surface area contributed by atoms with Gasteiger partial charge >= 0.3 is 0 Å². The van der Waals surface area contributed by atoms with E-state index >= 15 is 0 Å². The summed E-state index contributed by atoms with van der Waals surface area (Å²) in [5, 5.41) is 2.69.